The minimum Gasteiger partial charge on any atom is -0.352 e. The van der Waals surface area contributed by atoms with E-state index in [0.717, 1.165) is 6.42 Å². The lowest BCUT2D eigenvalue weighted by molar-refractivity contribution is -0.121. The molecule has 0 spiro atoms. The van der Waals surface area contributed by atoms with Crippen molar-refractivity contribution < 1.29 is 4.79 Å². The van der Waals surface area contributed by atoms with Gasteiger partial charge in [0.05, 0.1) is 0 Å². The van der Waals surface area contributed by atoms with Crippen LogP contribution >= 0.6 is 0 Å². The Hall–Kier alpha value is -1.01. The second-order valence-corrected chi connectivity index (χ2v) is 3.38. The van der Waals surface area contributed by atoms with Crippen LogP contribution in [0.4, 0.5) is 0 Å². The predicted molar refractivity (Wildman–Crippen MR) is 60.1 cm³/mol. The van der Waals surface area contributed by atoms with Gasteiger partial charge in [0, 0.05) is 13.0 Å². The van der Waals surface area contributed by atoms with E-state index in [9.17, 15) is 4.79 Å². The first-order valence-corrected chi connectivity index (χ1v) is 5.42. The number of rotatable bonds is 8. The van der Waals surface area contributed by atoms with Gasteiger partial charge in [-0.15, -0.1) is 5.73 Å². The predicted octanol–water partition coefficient (Wildman–Crippen LogP) is 2.80. The molecule has 80 valence electrons. The van der Waals surface area contributed by atoms with Gasteiger partial charge in [0.15, 0.2) is 0 Å². The van der Waals surface area contributed by atoms with Gasteiger partial charge in [0.2, 0.25) is 5.91 Å². The molecule has 0 aliphatic rings. The van der Waals surface area contributed by atoms with Crippen LogP contribution in [0.1, 0.15) is 45.4 Å². The SMILES string of the molecule is C=C=CCNC(=O)CCCCCCC. The zero-order chi connectivity index (χ0) is 10.6. The van der Waals surface area contributed by atoms with Crippen molar-refractivity contribution >= 4 is 5.91 Å². The van der Waals surface area contributed by atoms with Crippen molar-refractivity contribution in [3.05, 3.63) is 18.4 Å². The number of hydrogen-bond donors (Lipinski definition) is 1. The zero-order valence-electron chi connectivity index (χ0n) is 9.14. The van der Waals surface area contributed by atoms with Gasteiger partial charge in [-0.2, -0.15) is 0 Å². The fourth-order valence-electron chi connectivity index (χ4n) is 1.21. The Morgan fingerprint density at radius 1 is 1.36 bits per heavy atom. The summed E-state index contributed by atoms with van der Waals surface area (Å²) in [6.07, 6.45) is 8.30. The van der Waals surface area contributed by atoms with Crippen LogP contribution in [0.5, 0.6) is 0 Å². The summed E-state index contributed by atoms with van der Waals surface area (Å²) in [6.45, 7) is 6.16. The lowest BCUT2D eigenvalue weighted by Crippen LogP contribution is -2.22. The number of carbonyl (C=O) groups is 1. The van der Waals surface area contributed by atoms with Crippen molar-refractivity contribution in [2.75, 3.05) is 6.54 Å². The molecule has 0 aromatic carbocycles. The minimum atomic E-state index is 0.132. The number of nitrogens with one attached hydrogen (secondary N) is 1. The molecule has 0 aromatic heterocycles. The van der Waals surface area contributed by atoms with Crippen LogP contribution in [-0.2, 0) is 4.79 Å². The third kappa shape index (κ3) is 9.08. The smallest absolute Gasteiger partial charge is 0.220 e. The number of unbranched alkanes of at least 4 members (excludes halogenated alkanes) is 4. The lowest BCUT2D eigenvalue weighted by Gasteiger charge is -2.01. The van der Waals surface area contributed by atoms with Crippen LogP contribution in [0.25, 0.3) is 0 Å². The number of carbonyl (C=O) groups excluding carboxylic acids is 1. The number of hydrogen-bond acceptors (Lipinski definition) is 1. The molecule has 0 saturated carbocycles. The van der Waals surface area contributed by atoms with E-state index < -0.39 is 0 Å². The summed E-state index contributed by atoms with van der Waals surface area (Å²) in [7, 11) is 0. The fourth-order valence-corrected chi connectivity index (χ4v) is 1.21. The maximum absolute atomic E-state index is 11.2. The molecule has 14 heavy (non-hydrogen) atoms. The largest absolute Gasteiger partial charge is 0.352 e. The average molecular weight is 195 g/mol. The highest BCUT2D eigenvalue weighted by Gasteiger charge is 1.98. The highest BCUT2D eigenvalue weighted by atomic mass is 16.1. The summed E-state index contributed by atoms with van der Waals surface area (Å²) in [4.78, 5) is 11.2. The molecule has 0 fully saturated rings. The molecule has 0 aromatic rings. The summed E-state index contributed by atoms with van der Waals surface area (Å²) in [6, 6.07) is 0. The summed E-state index contributed by atoms with van der Waals surface area (Å²) >= 11 is 0. The molecule has 2 heteroatoms. The van der Waals surface area contributed by atoms with E-state index in [-0.39, 0.29) is 5.91 Å². The molecule has 1 N–H and O–H groups in total. The van der Waals surface area contributed by atoms with Crippen LogP contribution in [0.2, 0.25) is 0 Å². The van der Waals surface area contributed by atoms with Crippen LogP contribution in [0, 0.1) is 0 Å². The second kappa shape index (κ2) is 10.1. The van der Waals surface area contributed by atoms with Gasteiger partial charge in [-0.1, -0.05) is 39.2 Å². The normalized spacial score (nSPS) is 9.21. The van der Waals surface area contributed by atoms with Gasteiger partial charge in [-0.05, 0) is 12.5 Å². The first kappa shape index (κ1) is 13.0. The molecule has 0 atom stereocenters. The molecule has 0 heterocycles. The van der Waals surface area contributed by atoms with Crippen molar-refractivity contribution in [3.8, 4) is 0 Å². The molecule has 2 nitrogen and oxygen atoms in total. The van der Waals surface area contributed by atoms with E-state index in [0.29, 0.717) is 13.0 Å². The highest BCUT2D eigenvalue weighted by Crippen LogP contribution is 2.04. The van der Waals surface area contributed by atoms with E-state index in [2.05, 4.69) is 24.6 Å². The van der Waals surface area contributed by atoms with E-state index in [1.165, 1.54) is 25.7 Å². The molecule has 0 radical (unpaired) electrons. The fraction of sp³-hybridized carbons (Fsp3) is 0.667. The van der Waals surface area contributed by atoms with Gasteiger partial charge in [0.1, 0.15) is 0 Å². The molecule has 0 bridgehead atoms. The zero-order valence-corrected chi connectivity index (χ0v) is 9.14. The Labute approximate surface area is 87.1 Å². The molecule has 1 amide bonds. The second-order valence-electron chi connectivity index (χ2n) is 3.38. The molecule has 0 saturated heterocycles. The molecular formula is C12H21NO. The number of amides is 1. The lowest BCUT2D eigenvalue weighted by atomic mass is 10.1. The topological polar surface area (TPSA) is 29.1 Å². The van der Waals surface area contributed by atoms with E-state index >= 15 is 0 Å². The first-order valence-electron chi connectivity index (χ1n) is 5.42. The third-order valence-corrected chi connectivity index (χ3v) is 2.05. The quantitative estimate of drug-likeness (QED) is 0.468. The third-order valence-electron chi connectivity index (χ3n) is 2.05. The van der Waals surface area contributed by atoms with Crippen molar-refractivity contribution in [3.63, 3.8) is 0 Å². The van der Waals surface area contributed by atoms with Gasteiger partial charge in [0.25, 0.3) is 0 Å². The first-order chi connectivity index (χ1) is 6.81. The summed E-state index contributed by atoms with van der Waals surface area (Å²) in [5.41, 5.74) is 2.62. The van der Waals surface area contributed by atoms with Crippen molar-refractivity contribution in [2.45, 2.75) is 45.4 Å². The van der Waals surface area contributed by atoms with Crippen LogP contribution in [0.15, 0.2) is 18.4 Å². The van der Waals surface area contributed by atoms with Crippen molar-refractivity contribution in [2.24, 2.45) is 0 Å². The van der Waals surface area contributed by atoms with Crippen molar-refractivity contribution in [1.82, 2.24) is 5.32 Å². The minimum absolute atomic E-state index is 0.132. The average Bonchev–Trinajstić information content (AvgIpc) is 2.18. The van der Waals surface area contributed by atoms with Gasteiger partial charge in [-0.3, -0.25) is 4.79 Å². The molecular weight excluding hydrogens is 174 g/mol. The van der Waals surface area contributed by atoms with Crippen LogP contribution in [-0.4, -0.2) is 12.5 Å². The van der Waals surface area contributed by atoms with Gasteiger partial charge in [-0.25, -0.2) is 0 Å². The van der Waals surface area contributed by atoms with E-state index in [1.807, 2.05) is 0 Å². The Morgan fingerprint density at radius 2 is 2.07 bits per heavy atom. The molecule has 0 unspecified atom stereocenters. The molecule has 0 aliphatic carbocycles. The van der Waals surface area contributed by atoms with Crippen molar-refractivity contribution in [1.29, 1.82) is 0 Å². The van der Waals surface area contributed by atoms with Crippen LogP contribution in [0.3, 0.4) is 0 Å². The Kier molecular flexibility index (Phi) is 9.35. The van der Waals surface area contributed by atoms with Gasteiger partial charge >= 0.3 is 0 Å². The molecule has 0 rings (SSSR count). The highest BCUT2D eigenvalue weighted by molar-refractivity contribution is 5.75. The Balaban J connectivity index is 3.22. The van der Waals surface area contributed by atoms with E-state index in [1.54, 1.807) is 6.08 Å². The Morgan fingerprint density at radius 3 is 2.71 bits per heavy atom. The monoisotopic (exact) mass is 195 g/mol. The summed E-state index contributed by atoms with van der Waals surface area (Å²) in [5, 5.41) is 2.78. The van der Waals surface area contributed by atoms with Crippen LogP contribution < -0.4 is 5.32 Å². The maximum atomic E-state index is 11.2. The standard InChI is InChI=1S/C12H21NO/c1-3-5-7-8-9-10-12(14)13-11-6-4-2/h6H,2-3,5,7-11H2,1H3,(H,13,14). The Bertz CT molecular complexity index is 192. The van der Waals surface area contributed by atoms with Gasteiger partial charge < -0.3 is 5.32 Å². The summed E-state index contributed by atoms with van der Waals surface area (Å²) in [5.74, 6) is 0.132. The summed E-state index contributed by atoms with van der Waals surface area (Å²) < 4.78 is 0. The maximum Gasteiger partial charge on any atom is 0.220 e. The molecule has 0 aliphatic heterocycles. The van der Waals surface area contributed by atoms with E-state index in [4.69, 9.17) is 0 Å².